The third-order valence-electron chi connectivity index (χ3n) is 5.91. The summed E-state index contributed by atoms with van der Waals surface area (Å²) in [6.07, 6.45) is 3.12. The summed E-state index contributed by atoms with van der Waals surface area (Å²) in [6.45, 7) is 7.73. The number of aromatic nitrogens is 2. The molecule has 1 amide bonds. The standard InChI is InChI=1S/C22H30FN5O4S/c1-14(2)28(12-16-7-9-27(10-8-16)22(29)30)21-15(3)20(24-13-25-21)26-19-6-5-17(11-18(19)23)33(4,31)32/h5-6,11,13-14,16H,7-10,12H2,1-4H3,(H,29,30)(H,24,25,26). The number of sulfone groups is 1. The molecule has 0 saturated carbocycles. The van der Waals surface area contributed by atoms with E-state index >= 15 is 0 Å². The number of nitrogens with zero attached hydrogens (tertiary/aromatic N) is 4. The second kappa shape index (κ2) is 9.90. The number of halogens is 1. The van der Waals surface area contributed by atoms with Crippen molar-refractivity contribution < 1.29 is 22.7 Å². The number of benzene rings is 1. The average Bonchev–Trinajstić information content (AvgIpc) is 2.74. The molecule has 11 heteroatoms. The fraction of sp³-hybridized carbons (Fsp3) is 0.500. The molecule has 1 saturated heterocycles. The van der Waals surface area contributed by atoms with Crippen molar-refractivity contribution in [2.24, 2.45) is 5.92 Å². The second-order valence-electron chi connectivity index (χ2n) is 8.67. The van der Waals surface area contributed by atoms with Gasteiger partial charge >= 0.3 is 6.09 Å². The summed E-state index contributed by atoms with van der Waals surface area (Å²) < 4.78 is 37.9. The van der Waals surface area contributed by atoms with Crippen LogP contribution in [0.3, 0.4) is 0 Å². The number of nitrogens with one attached hydrogen (secondary N) is 1. The highest BCUT2D eigenvalue weighted by molar-refractivity contribution is 7.90. The summed E-state index contributed by atoms with van der Waals surface area (Å²) in [5.41, 5.74) is 0.855. The van der Waals surface area contributed by atoms with E-state index < -0.39 is 21.7 Å². The van der Waals surface area contributed by atoms with Gasteiger partial charge < -0.3 is 20.2 Å². The van der Waals surface area contributed by atoms with Gasteiger partial charge in [-0.2, -0.15) is 0 Å². The first-order valence-electron chi connectivity index (χ1n) is 10.8. The van der Waals surface area contributed by atoms with Gasteiger partial charge in [-0.3, -0.25) is 0 Å². The fourth-order valence-corrected chi connectivity index (χ4v) is 4.57. The Balaban J connectivity index is 1.81. The predicted octanol–water partition coefficient (Wildman–Crippen LogP) is 3.68. The van der Waals surface area contributed by atoms with Gasteiger partial charge in [0.25, 0.3) is 0 Å². The molecule has 2 heterocycles. The molecule has 0 spiro atoms. The molecule has 0 atom stereocenters. The lowest BCUT2D eigenvalue weighted by molar-refractivity contribution is 0.125. The zero-order chi connectivity index (χ0) is 24.3. The van der Waals surface area contributed by atoms with Gasteiger partial charge in [-0.25, -0.2) is 27.6 Å². The number of carbonyl (C=O) groups is 1. The van der Waals surface area contributed by atoms with Crippen molar-refractivity contribution in [1.82, 2.24) is 14.9 Å². The molecule has 0 bridgehead atoms. The minimum absolute atomic E-state index is 0.0921. The van der Waals surface area contributed by atoms with Crippen LogP contribution < -0.4 is 10.2 Å². The molecule has 1 aliphatic heterocycles. The van der Waals surface area contributed by atoms with E-state index in [0.717, 1.165) is 43.1 Å². The van der Waals surface area contributed by atoms with Crippen LogP contribution in [-0.4, -0.2) is 66.4 Å². The van der Waals surface area contributed by atoms with E-state index in [2.05, 4.69) is 34.0 Å². The van der Waals surface area contributed by atoms with Crippen molar-refractivity contribution in [3.05, 3.63) is 35.9 Å². The van der Waals surface area contributed by atoms with Crippen LogP contribution in [0.25, 0.3) is 0 Å². The molecule has 1 aromatic heterocycles. The van der Waals surface area contributed by atoms with Gasteiger partial charge in [0, 0.05) is 37.5 Å². The van der Waals surface area contributed by atoms with Crippen LogP contribution >= 0.6 is 0 Å². The van der Waals surface area contributed by atoms with Crippen LogP contribution in [0, 0.1) is 18.7 Å². The van der Waals surface area contributed by atoms with Gasteiger partial charge in [0.2, 0.25) is 0 Å². The lowest BCUT2D eigenvalue weighted by Gasteiger charge is -2.36. The minimum atomic E-state index is -3.51. The number of piperidine rings is 1. The molecule has 33 heavy (non-hydrogen) atoms. The van der Waals surface area contributed by atoms with Crippen LogP contribution in [-0.2, 0) is 9.84 Å². The minimum Gasteiger partial charge on any atom is -0.465 e. The Morgan fingerprint density at radius 1 is 1.30 bits per heavy atom. The van der Waals surface area contributed by atoms with Crippen molar-refractivity contribution in [2.45, 2.75) is 44.6 Å². The molecule has 1 aromatic carbocycles. The van der Waals surface area contributed by atoms with Gasteiger partial charge in [0.1, 0.15) is 23.8 Å². The Bertz CT molecular complexity index is 1120. The number of anilines is 3. The monoisotopic (exact) mass is 479 g/mol. The maximum absolute atomic E-state index is 14.6. The molecule has 0 unspecified atom stereocenters. The molecule has 2 aromatic rings. The molecule has 0 radical (unpaired) electrons. The van der Waals surface area contributed by atoms with Crippen molar-refractivity contribution in [3.8, 4) is 0 Å². The van der Waals surface area contributed by atoms with E-state index in [1.165, 1.54) is 23.4 Å². The number of rotatable bonds is 7. The zero-order valence-corrected chi connectivity index (χ0v) is 20.1. The van der Waals surface area contributed by atoms with Gasteiger partial charge in [-0.05, 0) is 57.7 Å². The maximum Gasteiger partial charge on any atom is 0.407 e. The first-order chi connectivity index (χ1) is 15.5. The number of amides is 1. The van der Waals surface area contributed by atoms with Crippen LogP contribution in [0.2, 0.25) is 0 Å². The topological polar surface area (TPSA) is 116 Å². The summed E-state index contributed by atoms with van der Waals surface area (Å²) >= 11 is 0. The largest absolute Gasteiger partial charge is 0.465 e. The first-order valence-corrected chi connectivity index (χ1v) is 12.7. The van der Waals surface area contributed by atoms with Crippen LogP contribution in [0.1, 0.15) is 32.3 Å². The summed E-state index contributed by atoms with van der Waals surface area (Å²) in [6, 6.07) is 3.85. The molecule has 1 fully saturated rings. The zero-order valence-electron chi connectivity index (χ0n) is 19.2. The van der Waals surface area contributed by atoms with Gasteiger partial charge in [0.05, 0.1) is 10.6 Å². The number of carboxylic acid groups (broad SMARTS) is 1. The van der Waals surface area contributed by atoms with E-state index in [-0.39, 0.29) is 16.6 Å². The second-order valence-corrected chi connectivity index (χ2v) is 10.7. The molecule has 9 nitrogen and oxygen atoms in total. The van der Waals surface area contributed by atoms with Crippen molar-refractivity contribution in [1.29, 1.82) is 0 Å². The normalized spacial score (nSPS) is 15.0. The summed E-state index contributed by atoms with van der Waals surface area (Å²) in [5, 5.41) is 12.1. The quantitative estimate of drug-likeness (QED) is 0.618. The Morgan fingerprint density at radius 3 is 2.52 bits per heavy atom. The van der Waals surface area contributed by atoms with E-state index in [1.807, 2.05) is 6.92 Å². The number of hydrogen-bond donors (Lipinski definition) is 2. The first kappa shape index (κ1) is 24.7. The number of likely N-dealkylation sites (tertiary alicyclic amines) is 1. The van der Waals surface area contributed by atoms with Crippen molar-refractivity contribution in [2.75, 3.05) is 36.1 Å². The van der Waals surface area contributed by atoms with E-state index in [0.29, 0.717) is 24.8 Å². The van der Waals surface area contributed by atoms with Gasteiger partial charge in [0.15, 0.2) is 9.84 Å². The average molecular weight is 480 g/mol. The molecule has 1 aliphatic rings. The van der Waals surface area contributed by atoms with Crippen LogP contribution in [0.5, 0.6) is 0 Å². The number of hydrogen-bond acceptors (Lipinski definition) is 7. The van der Waals surface area contributed by atoms with E-state index in [9.17, 15) is 22.7 Å². The van der Waals surface area contributed by atoms with E-state index in [4.69, 9.17) is 0 Å². The molecule has 180 valence electrons. The van der Waals surface area contributed by atoms with E-state index in [1.54, 1.807) is 0 Å². The van der Waals surface area contributed by atoms with Crippen LogP contribution in [0.4, 0.5) is 26.5 Å². The highest BCUT2D eigenvalue weighted by Gasteiger charge is 2.26. The Kier molecular flexibility index (Phi) is 7.41. The Labute approximate surface area is 193 Å². The summed E-state index contributed by atoms with van der Waals surface area (Å²) in [4.78, 5) is 23.4. The third-order valence-corrected chi connectivity index (χ3v) is 7.02. The van der Waals surface area contributed by atoms with Crippen molar-refractivity contribution in [3.63, 3.8) is 0 Å². The molecular formula is C22H30FN5O4S. The molecular weight excluding hydrogens is 449 g/mol. The molecule has 3 rings (SSSR count). The SMILES string of the molecule is Cc1c(Nc2ccc(S(C)(=O)=O)cc2F)ncnc1N(CC1CCN(C(=O)O)CC1)C(C)C. The van der Waals surface area contributed by atoms with Crippen LogP contribution in [0.15, 0.2) is 29.4 Å². The maximum atomic E-state index is 14.6. The van der Waals surface area contributed by atoms with Gasteiger partial charge in [-0.15, -0.1) is 0 Å². The van der Waals surface area contributed by atoms with Gasteiger partial charge in [-0.1, -0.05) is 0 Å². The Morgan fingerprint density at radius 2 is 1.97 bits per heavy atom. The molecule has 2 N–H and O–H groups in total. The fourth-order valence-electron chi connectivity index (χ4n) is 3.94. The van der Waals surface area contributed by atoms with Crippen molar-refractivity contribution >= 4 is 33.3 Å². The predicted molar refractivity (Wildman–Crippen MR) is 124 cm³/mol. The lowest BCUT2D eigenvalue weighted by atomic mass is 9.95. The highest BCUT2D eigenvalue weighted by atomic mass is 32.2. The third kappa shape index (κ3) is 5.89. The smallest absolute Gasteiger partial charge is 0.407 e. The summed E-state index contributed by atoms with van der Waals surface area (Å²) in [7, 11) is -3.51. The summed E-state index contributed by atoms with van der Waals surface area (Å²) in [5.74, 6) is 0.784. The highest BCUT2D eigenvalue weighted by Crippen LogP contribution is 2.30. The Hall–Kier alpha value is -2.95. The lowest BCUT2D eigenvalue weighted by Crippen LogP contribution is -2.43. The molecule has 0 aliphatic carbocycles.